The number of imide groups is 1. The summed E-state index contributed by atoms with van der Waals surface area (Å²) in [6, 6.07) is 15.2. The lowest BCUT2D eigenvalue weighted by Crippen LogP contribution is -2.40. The van der Waals surface area contributed by atoms with Crippen LogP contribution in [0, 0.1) is 0 Å². The lowest BCUT2D eigenvalue weighted by Gasteiger charge is -2.28. The van der Waals surface area contributed by atoms with Crippen LogP contribution in [0.1, 0.15) is 17.5 Å². The van der Waals surface area contributed by atoms with Gasteiger partial charge in [0.05, 0.1) is 18.4 Å². The van der Waals surface area contributed by atoms with Crippen LogP contribution in [-0.2, 0) is 22.7 Å². The molecule has 0 aromatic heterocycles. The van der Waals surface area contributed by atoms with E-state index in [0.717, 1.165) is 22.6 Å². The van der Waals surface area contributed by atoms with Gasteiger partial charge in [0, 0.05) is 12.1 Å². The minimum atomic E-state index is -0.488. The van der Waals surface area contributed by atoms with E-state index >= 15 is 0 Å². The molecule has 6 nitrogen and oxygen atoms in total. The average Bonchev–Trinajstić information content (AvgIpc) is 2.98. The Morgan fingerprint density at radius 2 is 2.00 bits per heavy atom. The molecule has 0 saturated carbocycles. The van der Waals surface area contributed by atoms with Gasteiger partial charge in [-0.05, 0) is 23.8 Å². The van der Waals surface area contributed by atoms with Crippen LogP contribution < -0.4 is 10.1 Å². The Hall–Kier alpha value is -3.15. The van der Waals surface area contributed by atoms with Crippen LogP contribution in [0.25, 0.3) is 0 Å². The summed E-state index contributed by atoms with van der Waals surface area (Å²) in [7, 11) is 0. The molecule has 2 aromatic carbocycles. The van der Waals surface area contributed by atoms with E-state index in [9.17, 15) is 9.59 Å². The summed E-state index contributed by atoms with van der Waals surface area (Å²) < 4.78 is 5.85. The first kappa shape index (κ1) is 15.4. The number of benzene rings is 2. The maximum atomic E-state index is 11.9. The zero-order valence-electron chi connectivity index (χ0n) is 13.5. The Labute approximate surface area is 145 Å². The van der Waals surface area contributed by atoms with E-state index in [1.807, 2.05) is 48.5 Å². The smallest absolute Gasteiger partial charge is 0.249 e. The third kappa shape index (κ3) is 3.24. The molecule has 0 radical (unpaired) electrons. The van der Waals surface area contributed by atoms with E-state index in [1.54, 1.807) is 11.2 Å². The van der Waals surface area contributed by atoms with Crippen molar-refractivity contribution in [1.82, 2.24) is 10.2 Å². The van der Waals surface area contributed by atoms with Crippen molar-refractivity contribution in [3.05, 3.63) is 59.7 Å². The Balaban J connectivity index is 1.48. The highest BCUT2D eigenvalue weighted by molar-refractivity contribution is 6.06. The van der Waals surface area contributed by atoms with Gasteiger partial charge in [0.1, 0.15) is 18.4 Å². The van der Waals surface area contributed by atoms with Crippen LogP contribution in [-0.4, -0.2) is 29.1 Å². The SMILES string of the molecule is O=C1CC(N2C=Nc3ccc(OCc4ccccc4)cc3C2)C(=O)N1. The minimum Gasteiger partial charge on any atom is -0.489 e. The van der Waals surface area contributed by atoms with E-state index in [2.05, 4.69) is 10.3 Å². The Morgan fingerprint density at radius 3 is 2.76 bits per heavy atom. The van der Waals surface area contributed by atoms with Gasteiger partial charge in [0.15, 0.2) is 0 Å². The molecule has 1 atom stereocenters. The topological polar surface area (TPSA) is 71.0 Å². The molecule has 2 aromatic rings. The molecular weight excluding hydrogens is 318 g/mol. The van der Waals surface area contributed by atoms with Crippen LogP contribution in [0.2, 0.25) is 0 Å². The second-order valence-electron chi connectivity index (χ2n) is 6.11. The van der Waals surface area contributed by atoms with Gasteiger partial charge in [-0.1, -0.05) is 30.3 Å². The second-order valence-corrected chi connectivity index (χ2v) is 6.11. The van der Waals surface area contributed by atoms with Crippen molar-refractivity contribution in [1.29, 1.82) is 0 Å². The largest absolute Gasteiger partial charge is 0.489 e. The molecule has 0 aliphatic carbocycles. The van der Waals surface area contributed by atoms with Crippen molar-refractivity contribution in [2.75, 3.05) is 0 Å². The van der Waals surface area contributed by atoms with E-state index in [-0.39, 0.29) is 18.2 Å². The number of aliphatic imine (C=N–C) groups is 1. The number of rotatable bonds is 4. The number of carbonyl (C=O) groups excluding carboxylic acids is 2. The van der Waals surface area contributed by atoms with Crippen molar-refractivity contribution in [3.8, 4) is 5.75 Å². The molecule has 1 N–H and O–H groups in total. The van der Waals surface area contributed by atoms with E-state index in [1.165, 1.54) is 0 Å². The van der Waals surface area contributed by atoms with Gasteiger partial charge in [-0.25, -0.2) is 4.99 Å². The van der Waals surface area contributed by atoms with Crippen molar-refractivity contribution in [2.45, 2.75) is 25.6 Å². The lowest BCUT2D eigenvalue weighted by molar-refractivity contribution is -0.125. The fourth-order valence-corrected chi connectivity index (χ4v) is 3.02. The van der Waals surface area contributed by atoms with Crippen molar-refractivity contribution in [3.63, 3.8) is 0 Å². The number of ether oxygens (including phenoxy) is 1. The maximum absolute atomic E-state index is 11.9. The van der Waals surface area contributed by atoms with E-state index < -0.39 is 6.04 Å². The first-order chi connectivity index (χ1) is 12.2. The summed E-state index contributed by atoms with van der Waals surface area (Å²) in [6.45, 7) is 1.01. The Bertz CT molecular complexity index is 848. The zero-order valence-corrected chi connectivity index (χ0v) is 13.5. The quantitative estimate of drug-likeness (QED) is 0.869. The van der Waals surface area contributed by atoms with Crippen LogP contribution >= 0.6 is 0 Å². The van der Waals surface area contributed by atoms with Crippen molar-refractivity contribution < 1.29 is 14.3 Å². The monoisotopic (exact) mass is 335 g/mol. The molecule has 126 valence electrons. The predicted octanol–water partition coefficient (Wildman–Crippen LogP) is 2.16. The van der Waals surface area contributed by atoms with Crippen molar-refractivity contribution >= 4 is 23.8 Å². The Kier molecular flexibility index (Phi) is 3.93. The first-order valence-electron chi connectivity index (χ1n) is 8.12. The van der Waals surface area contributed by atoms with E-state index in [0.29, 0.717) is 13.2 Å². The van der Waals surface area contributed by atoms with Gasteiger partial charge < -0.3 is 9.64 Å². The summed E-state index contributed by atoms with van der Waals surface area (Å²) >= 11 is 0. The normalized spacial score (nSPS) is 18.9. The summed E-state index contributed by atoms with van der Waals surface area (Å²) in [5.74, 6) is 0.247. The molecular formula is C19H17N3O3. The fourth-order valence-electron chi connectivity index (χ4n) is 3.02. The third-order valence-electron chi connectivity index (χ3n) is 4.34. The number of fused-ring (bicyclic) bond motifs is 1. The third-order valence-corrected chi connectivity index (χ3v) is 4.34. The number of nitrogens with zero attached hydrogens (tertiary/aromatic N) is 2. The van der Waals surface area contributed by atoms with Gasteiger partial charge in [0.25, 0.3) is 0 Å². The van der Waals surface area contributed by atoms with Crippen molar-refractivity contribution in [2.24, 2.45) is 4.99 Å². The highest BCUT2D eigenvalue weighted by atomic mass is 16.5. The van der Waals surface area contributed by atoms with Gasteiger partial charge in [0.2, 0.25) is 11.8 Å². The standard InChI is InChI=1S/C19H17N3O3/c23-18-9-17(19(24)21-18)22-10-14-8-15(6-7-16(14)20-12-22)25-11-13-4-2-1-3-5-13/h1-8,12,17H,9-11H2,(H,21,23,24). The highest BCUT2D eigenvalue weighted by Crippen LogP contribution is 2.30. The number of hydrogen-bond acceptors (Lipinski definition) is 5. The molecule has 2 aliphatic heterocycles. The average molecular weight is 335 g/mol. The summed E-state index contributed by atoms with van der Waals surface area (Å²) in [4.78, 5) is 29.5. The summed E-state index contributed by atoms with van der Waals surface area (Å²) in [6.07, 6.45) is 1.81. The van der Waals surface area contributed by atoms with Crippen LogP contribution in [0.15, 0.2) is 53.5 Å². The van der Waals surface area contributed by atoms with Gasteiger partial charge in [-0.3, -0.25) is 14.9 Å². The second kappa shape index (κ2) is 6.39. The lowest BCUT2D eigenvalue weighted by atomic mass is 10.1. The molecule has 2 aliphatic rings. The zero-order chi connectivity index (χ0) is 17.2. The molecule has 0 bridgehead atoms. The summed E-state index contributed by atoms with van der Waals surface area (Å²) in [5.41, 5.74) is 2.93. The number of amides is 2. The fraction of sp³-hybridized carbons (Fsp3) is 0.211. The van der Waals surface area contributed by atoms with Gasteiger partial charge in [-0.2, -0.15) is 0 Å². The molecule has 1 unspecified atom stereocenters. The predicted molar refractivity (Wildman–Crippen MR) is 92.5 cm³/mol. The molecule has 2 amide bonds. The van der Waals surface area contributed by atoms with Crippen LogP contribution in [0.3, 0.4) is 0 Å². The molecule has 0 spiro atoms. The molecule has 2 heterocycles. The molecule has 25 heavy (non-hydrogen) atoms. The molecule has 4 rings (SSSR count). The molecule has 1 fully saturated rings. The molecule has 6 heteroatoms. The minimum absolute atomic E-state index is 0.171. The first-order valence-corrected chi connectivity index (χ1v) is 8.12. The Morgan fingerprint density at radius 1 is 1.16 bits per heavy atom. The van der Waals surface area contributed by atoms with Gasteiger partial charge in [-0.15, -0.1) is 0 Å². The maximum Gasteiger partial charge on any atom is 0.249 e. The van der Waals surface area contributed by atoms with E-state index in [4.69, 9.17) is 4.74 Å². The van der Waals surface area contributed by atoms with Crippen LogP contribution in [0.4, 0.5) is 5.69 Å². The van der Waals surface area contributed by atoms with Gasteiger partial charge >= 0.3 is 0 Å². The van der Waals surface area contributed by atoms with Crippen LogP contribution in [0.5, 0.6) is 5.75 Å². The number of carbonyl (C=O) groups is 2. The molecule has 1 saturated heterocycles. The number of hydrogen-bond donors (Lipinski definition) is 1. The highest BCUT2D eigenvalue weighted by Gasteiger charge is 2.35. The summed E-state index contributed by atoms with van der Waals surface area (Å²) in [5, 5.41) is 2.33. The number of nitrogens with one attached hydrogen (secondary N) is 1.